The zero-order valence-corrected chi connectivity index (χ0v) is 12.3. The van der Waals surface area contributed by atoms with Crippen LogP contribution < -0.4 is 4.90 Å². The molecule has 0 aliphatic rings. The SMILES string of the molecule is CN(C)c1ccc(/C=C/C=Nc2sccc2C#N)cc1. The van der Waals surface area contributed by atoms with E-state index in [1.807, 2.05) is 31.6 Å². The van der Waals surface area contributed by atoms with Crippen molar-refractivity contribution >= 4 is 34.3 Å². The highest BCUT2D eigenvalue weighted by Gasteiger charge is 1.98. The molecule has 4 heteroatoms. The molecule has 0 saturated carbocycles. The number of hydrogen-bond acceptors (Lipinski definition) is 4. The van der Waals surface area contributed by atoms with Crippen LogP contribution in [0.4, 0.5) is 10.7 Å². The van der Waals surface area contributed by atoms with E-state index in [1.165, 1.54) is 17.0 Å². The van der Waals surface area contributed by atoms with Crippen molar-refractivity contribution in [1.82, 2.24) is 0 Å². The van der Waals surface area contributed by atoms with E-state index >= 15 is 0 Å². The molecule has 0 N–H and O–H groups in total. The van der Waals surface area contributed by atoms with Crippen LogP contribution in [0.25, 0.3) is 6.08 Å². The Labute approximate surface area is 123 Å². The Morgan fingerprint density at radius 2 is 1.95 bits per heavy atom. The van der Waals surface area contributed by atoms with Gasteiger partial charge < -0.3 is 4.90 Å². The third kappa shape index (κ3) is 3.56. The minimum absolute atomic E-state index is 0.620. The first kappa shape index (κ1) is 14.0. The van der Waals surface area contributed by atoms with Gasteiger partial charge >= 0.3 is 0 Å². The summed E-state index contributed by atoms with van der Waals surface area (Å²) >= 11 is 1.47. The van der Waals surface area contributed by atoms with Gasteiger partial charge in [-0.2, -0.15) is 5.26 Å². The molecule has 0 bridgehead atoms. The first-order valence-electron chi connectivity index (χ1n) is 6.16. The van der Waals surface area contributed by atoms with Crippen LogP contribution in [-0.4, -0.2) is 20.3 Å². The van der Waals surface area contributed by atoms with Gasteiger partial charge in [0.1, 0.15) is 11.1 Å². The lowest BCUT2D eigenvalue weighted by Crippen LogP contribution is -2.07. The zero-order chi connectivity index (χ0) is 14.4. The second-order valence-electron chi connectivity index (χ2n) is 4.37. The van der Waals surface area contributed by atoms with Gasteiger partial charge in [0.25, 0.3) is 0 Å². The van der Waals surface area contributed by atoms with Gasteiger partial charge in [-0.25, -0.2) is 4.99 Å². The van der Waals surface area contributed by atoms with Crippen molar-refractivity contribution in [3.8, 4) is 6.07 Å². The molecule has 1 aromatic heterocycles. The number of thiophene rings is 1. The van der Waals surface area contributed by atoms with Gasteiger partial charge in [0.15, 0.2) is 0 Å². The number of rotatable bonds is 4. The molecule has 2 rings (SSSR count). The van der Waals surface area contributed by atoms with Crippen LogP contribution in [0.3, 0.4) is 0 Å². The Morgan fingerprint density at radius 3 is 2.60 bits per heavy atom. The molecule has 1 heterocycles. The van der Waals surface area contributed by atoms with Crippen LogP contribution >= 0.6 is 11.3 Å². The Bertz CT molecular complexity index is 658. The maximum absolute atomic E-state index is 8.87. The average molecular weight is 281 g/mol. The number of nitriles is 1. The molecule has 0 fully saturated rings. The molecule has 0 amide bonds. The van der Waals surface area contributed by atoms with E-state index in [1.54, 1.807) is 12.3 Å². The van der Waals surface area contributed by atoms with E-state index < -0.39 is 0 Å². The van der Waals surface area contributed by atoms with E-state index in [9.17, 15) is 0 Å². The lowest BCUT2D eigenvalue weighted by atomic mass is 10.2. The second-order valence-corrected chi connectivity index (χ2v) is 5.27. The van der Waals surface area contributed by atoms with Crippen molar-refractivity contribution in [2.45, 2.75) is 0 Å². The maximum atomic E-state index is 8.87. The smallest absolute Gasteiger partial charge is 0.133 e. The third-order valence-corrected chi connectivity index (χ3v) is 3.56. The largest absolute Gasteiger partial charge is 0.378 e. The Balaban J connectivity index is 2.02. The van der Waals surface area contributed by atoms with Crippen molar-refractivity contribution < 1.29 is 0 Å². The second kappa shape index (κ2) is 6.69. The monoisotopic (exact) mass is 281 g/mol. The summed E-state index contributed by atoms with van der Waals surface area (Å²) in [6.07, 6.45) is 5.58. The fourth-order valence-corrected chi connectivity index (χ4v) is 2.33. The first-order chi connectivity index (χ1) is 9.70. The van der Waals surface area contributed by atoms with Gasteiger partial charge in [-0.3, -0.25) is 0 Å². The molecule has 2 aromatic rings. The van der Waals surface area contributed by atoms with Crippen LogP contribution in [0.5, 0.6) is 0 Å². The molecule has 20 heavy (non-hydrogen) atoms. The van der Waals surface area contributed by atoms with Crippen molar-refractivity contribution in [3.63, 3.8) is 0 Å². The van der Waals surface area contributed by atoms with Crippen molar-refractivity contribution in [1.29, 1.82) is 5.26 Å². The first-order valence-corrected chi connectivity index (χ1v) is 7.04. The van der Waals surface area contributed by atoms with Gasteiger partial charge in [0, 0.05) is 26.0 Å². The predicted octanol–water partition coefficient (Wildman–Crippen LogP) is 4.10. The summed E-state index contributed by atoms with van der Waals surface area (Å²) < 4.78 is 0. The molecule has 0 spiro atoms. The van der Waals surface area contributed by atoms with E-state index in [4.69, 9.17) is 5.26 Å². The topological polar surface area (TPSA) is 39.4 Å². The number of aliphatic imine (C=N–C) groups is 1. The number of benzene rings is 1. The predicted molar refractivity (Wildman–Crippen MR) is 87.0 cm³/mol. The Hall–Kier alpha value is -2.38. The molecule has 3 nitrogen and oxygen atoms in total. The van der Waals surface area contributed by atoms with Crippen LogP contribution in [0.1, 0.15) is 11.1 Å². The standard InChI is InChI=1S/C16H15N3S/c1-19(2)15-7-5-13(6-8-15)4-3-10-18-16-14(12-17)9-11-20-16/h3-11H,1-2H3/b4-3+,18-10?. The molecule has 0 saturated heterocycles. The van der Waals surface area contributed by atoms with Crippen LogP contribution in [0, 0.1) is 11.3 Å². The third-order valence-electron chi connectivity index (χ3n) is 2.74. The Kier molecular flexibility index (Phi) is 4.70. The van der Waals surface area contributed by atoms with Gasteiger partial charge in [-0.1, -0.05) is 18.2 Å². The van der Waals surface area contributed by atoms with Gasteiger partial charge in [-0.15, -0.1) is 11.3 Å². The Morgan fingerprint density at radius 1 is 1.20 bits per heavy atom. The van der Waals surface area contributed by atoms with Gasteiger partial charge in [0.2, 0.25) is 0 Å². The highest BCUT2D eigenvalue weighted by Crippen LogP contribution is 2.25. The van der Waals surface area contributed by atoms with Gasteiger partial charge in [0.05, 0.1) is 5.56 Å². The summed E-state index contributed by atoms with van der Waals surface area (Å²) in [5, 5.41) is 11.5. The lowest BCUT2D eigenvalue weighted by Gasteiger charge is -2.11. The van der Waals surface area contributed by atoms with E-state index in [0.29, 0.717) is 5.56 Å². The molecule has 1 aromatic carbocycles. The van der Waals surface area contributed by atoms with Crippen LogP contribution in [0.15, 0.2) is 46.8 Å². The lowest BCUT2D eigenvalue weighted by molar-refractivity contribution is 1.13. The average Bonchev–Trinajstić information content (AvgIpc) is 2.91. The molecule has 0 aliphatic carbocycles. The quantitative estimate of drug-likeness (QED) is 0.791. The summed E-state index contributed by atoms with van der Waals surface area (Å²) in [7, 11) is 4.04. The van der Waals surface area contributed by atoms with Crippen molar-refractivity contribution in [2.75, 3.05) is 19.0 Å². The number of hydrogen-bond donors (Lipinski definition) is 0. The van der Waals surface area contributed by atoms with Crippen molar-refractivity contribution in [2.24, 2.45) is 4.99 Å². The molecule has 100 valence electrons. The fraction of sp³-hybridized carbons (Fsp3) is 0.125. The molecule has 0 atom stereocenters. The van der Waals surface area contributed by atoms with Crippen molar-refractivity contribution in [3.05, 3.63) is 52.9 Å². The fourth-order valence-electron chi connectivity index (χ4n) is 1.63. The molecular formula is C16H15N3S. The van der Waals surface area contributed by atoms with Crippen LogP contribution in [0.2, 0.25) is 0 Å². The normalized spacial score (nSPS) is 11.1. The molecule has 0 aliphatic heterocycles. The zero-order valence-electron chi connectivity index (χ0n) is 11.4. The number of nitrogens with zero attached hydrogens (tertiary/aromatic N) is 3. The molecule has 0 unspecified atom stereocenters. The minimum Gasteiger partial charge on any atom is -0.378 e. The maximum Gasteiger partial charge on any atom is 0.133 e. The number of anilines is 1. The van der Waals surface area contributed by atoms with Gasteiger partial charge in [-0.05, 0) is 35.2 Å². The van der Waals surface area contributed by atoms with E-state index in [2.05, 4.69) is 40.2 Å². The van der Waals surface area contributed by atoms with E-state index in [0.717, 1.165) is 10.6 Å². The summed E-state index contributed by atoms with van der Waals surface area (Å²) in [6, 6.07) is 12.2. The summed E-state index contributed by atoms with van der Waals surface area (Å²) in [5.74, 6) is 0. The summed E-state index contributed by atoms with van der Waals surface area (Å²) in [4.78, 5) is 6.34. The van der Waals surface area contributed by atoms with E-state index in [-0.39, 0.29) is 0 Å². The molecular weight excluding hydrogens is 266 g/mol. The molecule has 0 radical (unpaired) electrons. The summed E-state index contributed by atoms with van der Waals surface area (Å²) in [5.41, 5.74) is 2.91. The summed E-state index contributed by atoms with van der Waals surface area (Å²) in [6.45, 7) is 0. The number of allylic oxidation sites excluding steroid dienone is 1. The minimum atomic E-state index is 0.620. The van der Waals surface area contributed by atoms with Crippen LogP contribution in [-0.2, 0) is 0 Å². The highest BCUT2D eigenvalue weighted by molar-refractivity contribution is 7.14. The highest BCUT2D eigenvalue weighted by atomic mass is 32.1.